The molecule has 26 heavy (non-hydrogen) atoms. The average Bonchev–Trinajstić information content (AvgIpc) is 2.69. The first-order valence-electron chi connectivity index (χ1n) is 9.14. The minimum absolute atomic E-state index is 0.556. The second-order valence-electron chi connectivity index (χ2n) is 6.76. The summed E-state index contributed by atoms with van der Waals surface area (Å²) in [6.45, 7) is 4.83. The Morgan fingerprint density at radius 3 is 2.42 bits per heavy atom. The molecule has 2 heterocycles. The third-order valence-corrected chi connectivity index (χ3v) is 5.39. The standard InChI is InChI=1S/C19H28N2O5/c1-24-15-3-4-17(25-2)16(13-15)18(19(22)23)21-9-7-20(8-10-21)14-5-11-26-12-6-14/h3-4,13-14,18H,5-12H2,1-2H3,(H,22,23). The molecule has 1 atom stereocenters. The van der Waals surface area contributed by atoms with Crippen molar-refractivity contribution in [1.29, 1.82) is 0 Å². The van der Waals surface area contributed by atoms with Crippen LogP contribution in [0.5, 0.6) is 11.5 Å². The zero-order valence-electron chi connectivity index (χ0n) is 15.5. The normalized spacial score (nSPS) is 21.3. The second kappa shape index (κ2) is 8.70. The quantitative estimate of drug-likeness (QED) is 0.822. The predicted molar refractivity (Wildman–Crippen MR) is 96.9 cm³/mol. The zero-order valence-corrected chi connectivity index (χ0v) is 15.5. The number of piperazine rings is 1. The number of aliphatic carboxylic acids is 1. The molecule has 144 valence electrons. The Morgan fingerprint density at radius 1 is 1.15 bits per heavy atom. The molecule has 2 saturated heterocycles. The fourth-order valence-corrected chi connectivity index (χ4v) is 3.95. The van der Waals surface area contributed by atoms with Crippen LogP contribution >= 0.6 is 0 Å². The van der Waals surface area contributed by atoms with Gasteiger partial charge >= 0.3 is 5.97 Å². The van der Waals surface area contributed by atoms with E-state index in [0.717, 1.165) is 39.1 Å². The van der Waals surface area contributed by atoms with Gasteiger partial charge in [-0.25, -0.2) is 0 Å². The summed E-state index contributed by atoms with van der Waals surface area (Å²) in [6.07, 6.45) is 2.12. The number of rotatable bonds is 6. The number of benzene rings is 1. The predicted octanol–water partition coefficient (Wildman–Crippen LogP) is 1.63. The summed E-state index contributed by atoms with van der Waals surface area (Å²) in [4.78, 5) is 16.6. The Morgan fingerprint density at radius 2 is 1.85 bits per heavy atom. The van der Waals surface area contributed by atoms with E-state index in [0.29, 0.717) is 36.2 Å². The van der Waals surface area contributed by atoms with Crippen LogP contribution in [0.15, 0.2) is 18.2 Å². The molecule has 1 unspecified atom stereocenters. The van der Waals surface area contributed by atoms with Crippen LogP contribution in [-0.2, 0) is 9.53 Å². The van der Waals surface area contributed by atoms with E-state index in [1.165, 1.54) is 0 Å². The highest BCUT2D eigenvalue weighted by Gasteiger charge is 2.34. The van der Waals surface area contributed by atoms with Crippen LogP contribution in [-0.4, -0.2) is 80.5 Å². The number of carboxylic acids is 1. The van der Waals surface area contributed by atoms with Crippen molar-refractivity contribution in [2.75, 3.05) is 53.6 Å². The van der Waals surface area contributed by atoms with Crippen LogP contribution in [0.25, 0.3) is 0 Å². The van der Waals surface area contributed by atoms with Gasteiger partial charge in [-0.2, -0.15) is 0 Å². The highest BCUT2D eigenvalue weighted by Crippen LogP contribution is 2.34. The lowest BCUT2D eigenvalue weighted by Gasteiger charge is -2.42. The molecule has 0 saturated carbocycles. The summed E-state index contributed by atoms with van der Waals surface area (Å²) in [6, 6.07) is 5.13. The van der Waals surface area contributed by atoms with Gasteiger partial charge in [-0.1, -0.05) is 0 Å². The Bertz CT molecular complexity index is 610. The van der Waals surface area contributed by atoms with Gasteiger partial charge in [-0.15, -0.1) is 0 Å². The van der Waals surface area contributed by atoms with Crippen LogP contribution in [0.2, 0.25) is 0 Å². The molecule has 0 spiro atoms. The van der Waals surface area contributed by atoms with E-state index in [-0.39, 0.29) is 0 Å². The number of carbonyl (C=O) groups is 1. The summed E-state index contributed by atoms with van der Waals surface area (Å²) in [5.41, 5.74) is 0.638. The molecule has 0 radical (unpaired) electrons. The highest BCUT2D eigenvalue weighted by molar-refractivity contribution is 5.77. The fourth-order valence-electron chi connectivity index (χ4n) is 3.95. The largest absolute Gasteiger partial charge is 0.497 e. The molecule has 0 bridgehead atoms. The average molecular weight is 364 g/mol. The van der Waals surface area contributed by atoms with Gasteiger partial charge in [0.15, 0.2) is 0 Å². The monoisotopic (exact) mass is 364 g/mol. The molecule has 2 aliphatic rings. The first-order chi connectivity index (χ1) is 12.6. The maximum Gasteiger partial charge on any atom is 0.325 e. The Kier molecular flexibility index (Phi) is 6.34. The maximum atomic E-state index is 12.1. The fraction of sp³-hybridized carbons (Fsp3) is 0.632. The number of methoxy groups -OCH3 is 2. The van der Waals surface area contributed by atoms with E-state index in [1.54, 1.807) is 32.4 Å². The van der Waals surface area contributed by atoms with Gasteiger partial charge in [-0.05, 0) is 31.0 Å². The topological polar surface area (TPSA) is 71.5 Å². The molecule has 1 aromatic rings. The Balaban J connectivity index is 1.74. The van der Waals surface area contributed by atoms with Crippen LogP contribution in [0.3, 0.4) is 0 Å². The smallest absolute Gasteiger partial charge is 0.325 e. The van der Waals surface area contributed by atoms with E-state index in [4.69, 9.17) is 14.2 Å². The lowest BCUT2D eigenvalue weighted by molar-refractivity contribution is -0.144. The molecule has 0 aromatic heterocycles. The molecule has 2 aliphatic heterocycles. The van der Waals surface area contributed by atoms with Crippen molar-refractivity contribution in [3.05, 3.63) is 23.8 Å². The maximum absolute atomic E-state index is 12.1. The number of carboxylic acid groups (broad SMARTS) is 1. The van der Waals surface area contributed by atoms with Crippen molar-refractivity contribution >= 4 is 5.97 Å². The molecule has 1 N–H and O–H groups in total. The Hall–Kier alpha value is -1.83. The van der Waals surface area contributed by atoms with E-state index >= 15 is 0 Å². The van der Waals surface area contributed by atoms with Crippen molar-refractivity contribution in [2.45, 2.75) is 24.9 Å². The highest BCUT2D eigenvalue weighted by atomic mass is 16.5. The second-order valence-corrected chi connectivity index (χ2v) is 6.76. The van der Waals surface area contributed by atoms with E-state index in [9.17, 15) is 9.90 Å². The molecule has 7 heteroatoms. The minimum atomic E-state index is -0.865. The van der Waals surface area contributed by atoms with Gasteiger partial charge in [0.2, 0.25) is 0 Å². The zero-order chi connectivity index (χ0) is 18.5. The van der Waals surface area contributed by atoms with Gasteiger partial charge in [0, 0.05) is 51.0 Å². The molecular formula is C19H28N2O5. The first-order valence-corrected chi connectivity index (χ1v) is 9.14. The van der Waals surface area contributed by atoms with Crippen LogP contribution in [0.1, 0.15) is 24.4 Å². The first kappa shape index (κ1) is 18.9. The van der Waals surface area contributed by atoms with Crippen molar-refractivity contribution in [3.63, 3.8) is 0 Å². The van der Waals surface area contributed by atoms with Gasteiger partial charge < -0.3 is 19.3 Å². The summed E-state index contributed by atoms with van der Waals surface area (Å²) in [5, 5.41) is 9.91. The van der Waals surface area contributed by atoms with Gasteiger partial charge in [0.25, 0.3) is 0 Å². The number of hydrogen-bond donors (Lipinski definition) is 1. The molecular weight excluding hydrogens is 336 g/mol. The van der Waals surface area contributed by atoms with E-state index in [1.807, 2.05) is 4.90 Å². The van der Waals surface area contributed by atoms with Crippen molar-refractivity contribution in [1.82, 2.24) is 9.80 Å². The van der Waals surface area contributed by atoms with E-state index < -0.39 is 12.0 Å². The number of ether oxygens (including phenoxy) is 3. The van der Waals surface area contributed by atoms with Gasteiger partial charge in [0.1, 0.15) is 17.5 Å². The summed E-state index contributed by atoms with van der Waals surface area (Å²) < 4.78 is 16.1. The third kappa shape index (κ3) is 4.11. The van der Waals surface area contributed by atoms with Crippen LogP contribution < -0.4 is 9.47 Å². The molecule has 0 aliphatic carbocycles. The number of hydrogen-bond acceptors (Lipinski definition) is 6. The van der Waals surface area contributed by atoms with Crippen molar-refractivity contribution in [2.24, 2.45) is 0 Å². The SMILES string of the molecule is COc1ccc(OC)c(C(C(=O)O)N2CCN(C3CCOCC3)CC2)c1. The van der Waals surface area contributed by atoms with Gasteiger partial charge in [0.05, 0.1) is 14.2 Å². The Labute approximate surface area is 154 Å². The van der Waals surface area contributed by atoms with Crippen molar-refractivity contribution < 1.29 is 24.1 Å². The molecule has 1 aromatic carbocycles. The molecule has 7 nitrogen and oxygen atoms in total. The van der Waals surface area contributed by atoms with Crippen molar-refractivity contribution in [3.8, 4) is 11.5 Å². The van der Waals surface area contributed by atoms with Crippen LogP contribution in [0.4, 0.5) is 0 Å². The van der Waals surface area contributed by atoms with E-state index in [2.05, 4.69) is 4.90 Å². The molecule has 0 amide bonds. The minimum Gasteiger partial charge on any atom is -0.497 e. The molecule has 2 fully saturated rings. The lowest BCUT2D eigenvalue weighted by atomic mass is 10.0. The third-order valence-electron chi connectivity index (χ3n) is 5.39. The van der Waals surface area contributed by atoms with Crippen LogP contribution in [0, 0.1) is 0 Å². The molecule has 3 rings (SSSR count). The van der Waals surface area contributed by atoms with Gasteiger partial charge in [-0.3, -0.25) is 14.6 Å². The summed E-state index contributed by atoms with van der Waals surface area (Å²) in [5.74, 6) is 0.342. The summed E-state index contributed by atoms with van der Waals surface area (Å²) >= 11 is 0. The number of nitrogens with zero attached hydrogens (tertiary/aromatic N) is 2. The summed E-state index contributed by atoms with van der Waals surface area (Å²) in [7, 11) is 3.14. The lowest BCUT2D eigenvalue weighted by Crippen LogP contribution is -2.53.